The topological polar surface area (TPSA) is 139 Å². The van der Waals surface area contributed by atoms with E-state index in [0.29, 0.717) is 0 Å². The lowest BCUT2D eigenvalue weighted by atomic mass is 10.1. The summed E-state index contributed by atoms with van der Waals surface area (Å²) in [6.07, 6.45) is 0. The fourth-order valence-corrected chi connectivity index (χ4v) is 1.84. The van der Waals surface area contributed by atoms with Gasteiger partial charge in [0.25, 0.3) is 11.6 Å². The maximum Gasteiger partial charge on any atom is 0.295 e. The molecular formula is C11H14ClN5O4. The van der Waals surface area contributed by atoms with Crippen LogP contribution in [-0.2, 0) is 4.79 Å². The van der Waals surface area contributed by atoms with E-state index in [9.17, 15) is 19.7 Å². The Hall–Kier alpha value is -2.39. The number of hydrogen-bond acceptors (Lipinski definition) is 6. The molecule has 2 amide bonds. The van der Waals surface area contributed by atoms with E-state index in [1.165, 1.54) is 20.0 Å². The van der Waals surface area contributed by atoms with Crippen molar-refractivity contribution in [2.45, 2.75) is 13.0 Å². The van der Waals surface area contributed by atoms with Gasteiger partial charge in [-0.3, -0.25) is 25.5 Å². The van der Waals surface area contributed by atoms with Gasteiger partial charge in [-0.25, -0.2) is 0 Å². The molecule has 1 aromatic carbocycles. The van der Waals surface area contributed by atoms with E-state index in [2.05, 4.69) is 16.1 Å². The number of carbonyl (C=O) groups is 2. The first-order valence-electron chi connectivity index (χ1n) is 5.78. The van der Waals surface area contributed by atoms with Crippen molar-refractivity contribution in [3.63, 3.8) is 0 Å². The molecule has 10 heteroatoms. The van der Waals surface area contributed by atoms with Crippen LogP contribution in [0.5, 0.6) is 0 Å². The number of carbonyl (C=O) groups excluding carboxylic acids is 2. The van der Waals surface area contributed by atoms with Crippen LogP contribution in [0, 0.1) is 10.1 Å². The summed E-state index contributed by atoms with van der Waals surface area (Å²) >= 11 is 5.84. The van der Waals surface area contributed by atoms with E-state index >= 15 is 0 Å². The zero-order chi connectivity index (χ0) is 16.2. The zero-order valence-corrected chi connectivity index (χ0v) is 12.0. The van der Waals surface area contributed by atoms with E-state index in [-0.39, 0.29) is 16.3 Å². The second-order valence-electron chi connectivity index (χ2n) is 4.06. The molecule has 1 aromatic rings. The van der Waals surface area contributed by atoms with Crippen LogP contribution in [0.1, 0.15) is 17.3 Å². The summed E-state index contributed by atoms with van der Waals surface area (Å²) in [6, 6.07) is 1.44. The van der Waals surface area contributed by atoms with Gasteiger partial charge < -0.3 is 16.1 Å². The number of rotatable bonds is 5. The molecule has 114 valence electrons. The van der Waals surface area contributed by atoms with Gasteiger partial charge >= 0.3 is 0 Å². The third-order valence-electron chi connectivity index (χ3n) is 2.66. The Balaban J connectivity index is 3.11. The fourth-order valence-electron chi connectivity index (χ4n) is 1.57. The average molecular weight is 316 g/mol. The molecule has 1 rings (SSSR count). The third kappa shape index (κ3) is 3.80. The smallest absolute Gasteiger partial charge is 0.295 e. The van der Waals surface area contributed by atoms with Crippen molar-refractivity contribution in [3.05, 3.63) is 32.8 Å². The molecule has 9 nitrogen and oxygen atoms in total. The molecule has 0 saturated carbocycles. The van der Waals surface area contributed by atoms with Gasteiger partial charge in [-0.1, -0.05) is 11.6 Å². The Morgan fingerprint density at radius 2 is 2.05 bits per heavy atom. The number of nitrogen functional groups attached to an aromatic ring is 1. The maximum absolute atomic E-state index is 12.0. The molecule has 0 aliphatic carbocycles. The molecule has 0 saturated heterocycles. The molecule has 0 spiro atoms. The lowest BCUT2D eigenvalue weighted by molar-refractivity contribution is -0.384. The fraction of sp³-hybridized carbons (Fsp3) is 0.273. The Kier molecular flexibility index (Phi) is 5.44. The number of amides is 2. The number of hydrazine groups is 1. The highest BCUT2D eigenvalue weighted by molar-refractivity contribution is 6.34. The summed E-state index contributed by atoms with van der Waals surface area (Å²) in [5.74, 6) is 4.10. The number of nitrogens with two attached hydrogens (primary N) is 1. The predicted molar refractivity (Wildman–Crippen MR) is 76.9 cm³/mol. The molecule has 0 heterocycles. The summed E-state index contributed by atoms with van der Waals surface area (Å²) in [6.45, 7) is 1.47. The molecule has 0 aliphatic heterocycles. The number of likely N-dealkylation sites (N-methyl/N-ethyl adjacent to an activating group) is 1. The van der Waals surface area contributed by atoms with Crippen LogP contribution in [-0.4, -0.2) is 29.8 Å². The monoisotopic (exact) mass is 315 g/mol. The lowest BCUT2D eigenvalue weighted by Crippen LogP contribution is -2.43. The number of nitrogens with zero attached hydrogens (tertiary/aromatic N) is 1. The standard InChI is InChI=1S/C11H14ClN5O4/c1-5(10(18)14-2)15-11(19)6-3-7(12)9(16-13)8(4-6)17(20)21/h3-5,16H,13H2,1-2H3,(H,14,18)(H,15,19). The van der Waals surface area contributed by atoms with Crippen LogP contribution >= 0.6 is 11.6 Å². The molecule has 0 bridgehead atoms. The maximum atomic E-state index is 12.0. The highest BCUT2D eigenvalue weighted by atomic mass is 35.5. The van der Waals surface area contributed by atoms with Crippen LogP contribution in [0.3, 0.4) is 0 Å². The first-order valence-corrected chi connectivity index (χ1v) is 6.16. The highest BCUT2D eigenvalue weighted by Gasteiger charge is 2.22. The van der Waals surface area contributed by atoms with Gasteiger partial charge in [0, 0.05) is 18.7 Å². The number of benzene rings is 1. The molecule has 1 unspecified atom stereocenters. The van der Waals surface area contributed by atoms with Crippen LogP contribution in [0.4, 0.5) is 11.4 Å². The van der Waals surface area contributed by atoms with E-state index in [1.807, 2.05) is 0 Å². The van der Waals surface area contributed by atoms with Crippen molar-refractivity contribution in [3.8, 4) is 0 Å². The average Bonchev–Trinajstić information content (AvgIpc) is 2.44. The van der Waals surface area contributed by atoms with Crippen LogP contribution < -0.4 is 21.9 Å². The molecule has 21 heavy (non-hydrogen) atoms. The number of anilines is 1. The van der Waals surface area contributed by atoms with Crippen molar-refractivity contribution in [1.29, 1.82) is 0 Å². The van der Waals surface area contributed by atoms with Gasteiger partial charge in [-0.2, -0.15) is 0 Å². The third-order valence-corrected chi connectivity index (χ3v) is 2.96. The van der Waals surface area contributed by atoms with Crippen molar-refractivity contribution in [1.82, 2.24) is 10.6 Å². The Morgan fingerprint density at radius 3 is 2.52 bits per heavy atom. The quantitative estimate of drug-likeness (QED) is 0.352. The zero-order valence-electron chi connectivity index (χ0n) is 11.3. The van der Waals surface area contributed by atoms with Crippen molar-refractivity contribution in [2.75, 3.05) is 12.5 Å². The summed E-state index contributed by atoms with van der Waals surface area (Å²) in [7, 11) is 1.43. The number of halogens is 1. The number of nitro groups is 1. The van der Waals surface area contributed by atoms with Crippen molar-refractivity contribution in [2.24, 2.45) is 5.84 Å². The molecular weight excluding hydrogens is 302 g/mol. The van der Waals surface area contributed by atoms with E-state index in [1.54, 1.807) is 0 Å². The van der Waals surface area contributed by atoms with E-state index in [0.717, 1.165) is 6.07 Å². The van der Waals surface area contributed by atoms with Crippen molar-refractivity contribution >= 4 is 34.8 Å². The van der Waals surface area contributed by atoms with Gasteiger partial charge in [0.05, 0.1) is 9.95 Å². The second-order valence-corrected chi connectivity index (χ2v) is 4.47. The second kappa shape index (κ2) is 6.86. The van der Waals surface area contributed by atoms with Gasteiger partial charge in [-0.05, 0) is 13.0 Å². The summed E-state index contributed by atoms with van der Waals surface area (Å²) in [5, 5.41) is 15.6. The number of nitrogens with one attached hydrogen (secondary N) is 3. The minimum atomic E-state index is -0.798. The normalized spacial score (nSPS) is 11.4. The van der Waals surface area contributed by atoms with E-state index < -0.39 is 28.5 Å². The van der Waals surface area contributed by atoms with Gasteiger partial charge in [-0.15, -0.1) is 0 Å². The molecule has 0 aromatic heterocycles. The van der Waals surface area contributed by atoms with Gasteiger partial charge in [0.15, 0.2) is 0 Å². The first-order chi connectivity index (χ1) is 9.81. The Labute approximate surface area is 124 Å². The van der Waals surface area contributed by atoms with Gasteiger partial charge in [0.1, 0.15) is 11.7 Å². The Morgan fingerprint density at radius 1 is 1.43 bits per heavy atom. The highest BCUT2D eigenvalue weighted by Crippen LogP contribution is 2.32. The molecule has 5 N–H and O–H groups in total. The van der Waals surface area contributed by atoms with Crippen LogP contribution in [0.25, 0.3) is 0 Å². The van der Waals surface area contributed by atoms with Crippen molar-refractivity contribution < 1.29 is 14.5 Å². The molecule has 0 fully saturated rings. The van der Waals surface area contributed by atoms with Crippen LogP contribution in [0.15, 0.2) is 12.1 Å². The molecule has 0 aliphatic rings. The van der Waals surface area contributed by atoms with Crippen LogP contribution in [0.2, 0.25) is 5.02 Å². The largest absolute Gasteiger partial charge is 0.357 e. The summed E-state index contributed by atoms with van der Waals surface area (Å²) < 4.78 is 0. The Bertz CT molecular complexity index is 592. The number of hydrogen-bond donors (Lipinski definition) is 4. The predicted octanol–water partition coefficient (Wildman–Crippen LogP) is 0.398. The first kappa shape index (κ1) is 16.7. The molecule has 1 atom stereocenters. The minimum absolute atomic E-state index is 0.0542. The summed E-state index contributed by atoms with van der Waals surface area (Å²) in [5.41, 5.74) is 1.51. The summed E-state index contributed by atoms with van der Waals surface area (Å²) in [4.78, 5) is 33.5. The number of nitro benzene ring substituents is 1. The SMILES string of the molecule is CNC(=O)C(C)NC(=O)c1cc(Cl)c(NN)c([N+](=O)[O-])c1. The minimum Gasteiger partial charge on any atom is -0.357 e. The van der Waals surface area contributed by atoms with Gasteiger partial charge in [0.2, 0.25) is 5.91 Å². The molecule has 0 radical (unpaired) electrons. The lowest BCUT2D eigenvalue weighted by Gasteiger charge is -2.13. The van der Waals surface area contributed by atoms with E-state index in [4.69, 9.17) is 17.4 Å².